The van der Waals surface area contributed by atoms with Gasteiger partial charge in [0.05, 0.1) is 29.9 Å². The van der Waals surface area contributed by atoms with Crippen molar-refractivity contribution in [3.63, 3.8) is 0 Å². The van der Waals surface area contributed by atoms with E-state index in [1.165, 1.54) is 0 Å². The Balaban J connectivity index is 2.11. The molecule has 3 rings (SSSR count). The van der Waals surface area contributed by atoms with Crippen molar-refractivity contribution < 1.29 is 4.79 Å². The molecule has 6 heteroatoms. The second-order valence-corrected chi connectivity index (χ2v) is 6.66. The van der Waals surface area contributed by atoms with Crippen LogP contribution in [0, 0.1) is 12.8 Å². The number of ketones is 1. The van der Waals surface area contributed by atoms with Crippen molar-refractivity contribution in [3.05, 3.63) is 58.9 Å². The lowest BCUT2D eigenvalue weighted by atomic mass is 9.87. The maximum absolute atomic E-state index is 12.5. The molecular formula is C20H21ClN4O. The Labute approximate surface area is 158 Å². The van der Waals surface area contributed by atoms with E-state index in [-0.39, 0.29) is 5.78 Å². The molecule has 26 heavy (non-hydrogen) atoms. The minimum atomic E-state index is -0.463. The van der Waals surface area contributed by atoms with Crippen LogP contribution in [0.3, 0.4) is 0 Å². The molecule has 1 atom stereocenters. The number of hydrazone groups is 1. The van der Waals surface area contributed by atoms with E-state index in [4.69, 9.17) is 21.7 Å². The number of aliphatic imine (C=N–C) groups is 1. The normalized spacial score (nSPS) is 18.8. The topological polar surface area (TPSA) is 57.9 Å². The number of halogens is 1. The van der Waals surface area contributed by atoms with Crippen molar-refractivity contribution in [1.29, 1.82) is 0 Å². The molecule has 1 aromatic carbocycles. The van der Waals surface area contributed by atoms with Crippen molar-refractivity contribution in [2.24, 2.45) is 16.0 Å². The van der Waals surface area contributed by atoms with Crippen LogP contribution < -0.4 is 0 Å². The molecule has 0 radical (unpaired) electrons. The number of hydrogen-bond acceptors (Lipinski definition) is 5. The molecule has 5 nitrogen and oxygen atoms in total. The van der Waals surface area contributed by atoms with E-state index in [1.54, 1.807) is 19.2 Å². The van der Waals surface area contributed by atoms with Crippen molar-refractivity contribution in [2.45, 2.75) is 20.8 Å². The maximum atomic E-state index is 12.5. The highest BCUT2D eigenvalue weighted by molar-refractivity contribution is 6.29. The minimum Gasteiger partial charge on any atom is -0.299 e. The first-order chi connectivity index (χ1) is 12.5. The Bertz CT molecular complexity index is 877. The average molecular weight is 369 g/mol. The highest BCUT2D eigenvalue weighted by atomic mass is 35.5. The van der Waals surface area contributed by atoms with Gasteiger partial charge in [0.1, 0.15) is 16.9 Å². The summed E-state index contributed by atoms with van der Waals surface area (Å²) in [7, 11) is 0. The van der Waals surface area contributed by atoms with Crippen molar-refractivity contribution in [1.82, 2.24) is 9.99 Å². The lowest BCUT2D eigenvalue weighted by Crippen LogP contribution is -2.43. The molecule has 0 bridgehead atoms. The summed E-state index contributed by atoms with van der Waals surface area (Å²) < 4.78 is 0. The Kier molecular flexibility index (Phi) is 5.47. The van der Waals surface area contributed by atoms with Crippen LogP contribution in [0.2, 0.25) is 5.15 Å². The maximum Gasteiger partial charge on any atom is 0.144 e. The Morgan fingerprint density at radius 1 is 1.35 bits per heavy atom. The number of benzene rings is 1. The van der Waals surface area contributed by atoms with Crippen LogP contribution in [0.5, 0.6) is 0 Å². The van der Waals surface area contributed by atoms with Gasteiger partial charge in [-0.15, -0.1) is 0 Å². The third-order valence-corrected chi connectivity index (χ3v) is 4.56. The summed E-state index contributed by atoms with van der Waals surface area (Å²) in [5, 5.41) is 7.07. The fraction of sp³-hybridized carbons (Fsp3) is 0.300. The van der Waals surface area contributed by atoms with E-state index >= 15 is 0 Å². The second kappa shape index (κ2) is 7.79. The van der Waals surface area contributed by atoms with Crippen molar-refractivity contribution in [2.75, 3.05) is 13.1 Å². The smallest absolute Gasteiger partial charge is 0.144 e. The SMILES string of the molecule is CCN1CC(=Nc2cnc(Cl)cc2C)C(C(C)=O)C(c2ccccc2)=N1. The number of pyridine rings is 1. The van der Waals surface area contributed by atoms with Gasteiger partial charge in [0.25, 0.3) is 0 Å². The molecule has 1 aliphatic heterocycles. The van der Waals surface area contributed by atoms with E-state index in [1.807, 2.05) is 49.2 Å². The van der Waals surface area contributed by atoms with E-state index in [2.05, 4.69) is 4.98 Å². The first kappa shape index (κ1) is 18.3. The number of aromatic nitrogens is 1. The number of nitrogens with zero attached hydrogens (tertiary/aromatic N) is 4. The highest BCUT2D eigenvalue weighted by Crippen LogP contribution is 2.25. The van der Waals surface area contributed by atoms with Crippen LogP contribution in [-0.2, 0) is 4.79 Å². The van der Waals surface area contributed by atoms with Gasteiger partial charge in [-0.1, -0.05) is 41.9 Å². The van der Waals surface area contributed by atoms with Gasteiger partial charge < -0.3 is 0 Å². The summed E-state index contributed by atoms with van der Waals surface area (Å²) in [6.45, 7) is 6.81. The Morgan fingerprint density at radius 3 is 2.69 bits per heavy atom. The fourth-order valence-corrected chi connectivity index (χ4v) is 3.22. The molecule has 0 amide bonds. The van der Waals surface area contributed by atoms with Gasteiger partial charge in [-0.3, -0.25) is 14.8 Å². The molecule has 1 unspecified atom stereocenters. The second-order valence-electron chi connectivity index (χ2n) is 6.27. The number of Topliss-reactive ketones (excluding diaryl/α,β-unsaturated/α-hetero) is 1. The summed E-state index contributed by atoms with van der Waals surface area (Å²) in [5.41, 5.74) is 4.10. The van der Waals surface area contributed by atoms with Gasteiger partial charge in [0.2, 0.25) is 0 Å². The van der Waals surface area contributed by atoms with E-state index < -0.39 is 5.92 Å². The van der Waals surface area contributed by atoms with E-state index in [9.17, 15) is 4.79 Å². The van der Waals surface area contributed by atoms with Crippen LogP contribution >= 0.6 is 11.6 Å². The van der Waals surface area contributed by atoms with E-state index in [0.29, 0.717) is 11.7 Å². The van der Waals surface area contributed by atoms with Gasteiger partial charge in [-0.05, 0) is 38.0 Å². The van der Waals surface area contributed by atoms with Crippen LogP contribution in [-0.4, -0.2) is 40.3 Å². The number of carbonyl (C=O) groups excluding carboxylic acids is 1. The third-order valence-electron chi connectivity index (χ3n) is 4.36. The van der Waals surface area contributed by atoms with Gasteiger partial charge in [-0.2, -0.15) is 5.10 Å². The summed E-state index contributed by atoms with van der Waals surface area (Å²) in [6.07, 6.45) is 1.64. The molecular weight excluding hydrogens is 348 g/mol. The first-order valence-electron chi connectivity index (χ1n) is 8.58. The minimum absolute atomic E-state index is 0.0293. The molecule has 0 N–H and O–H groups in total. The van der Waals surface area contributed by atoms with Crippen LogP contribution in [0.1, 0.15) is 25.0 Å². The molecule has 1 aromatic heterocycles. The molecule has 0 fully saturated rings. The van der Waals surface area contributed by atoms with Gasteiger partial charge in [-0.25, -0.2) is 4.98 Å². The molecule has 0 saturated heterocycles. The van der Waals surface area contributed by atoms with Crippen molar-refractivity contribution >= 4 is 34.5 Å². The lowest BCUT2D eigenvalue weighted by molar-refractivity contribution is -0.117. The summed E-state index contributed by atoms with van der Waals surface area (Å²) in [6, 6.07) is 11.6. The van der Waals surface area contributed by atoms with Gasteiger partial charge in [0, 0.05) is 6.54 Å². The summed E-state index contributed by atoms with van der Waals surface area (Å²) >= 11 is 5.95. The Hall–Kier alpha value is -2.53. The third kappa shape index (κ3) is 3.83. The fourth-order valence-electron chi connectivity index (χ4n) is 3.01. The molecule has 0 spiro atoms. The first-order valence-corrected chi connectivity index (χ1v) is 8.96. The zero-order valence-electron chi connectivity index (χ0n) is 15.1. The highest BCUT2D eigenvalue weighted by Gasteiger charge is 2.33. The van der Waals surface area contributed by atoms with Crippen LogP contribution in [0.15, 0.2) is 52.7 Å². The monoisotopic (exact) mass is 368 g/mol. The summed E-state index contributed by atoms with van der Waals surface area (Å²) in [4.78, 5) is 21.4. The number of rotatable bonds is 4. The lowest BCUT2D eigenvalue weighted by Gasteiger charge is -2.31. The van der Waals surface area contributed by atoms with E-state index in [0.717, 1.165) is 34.8 Å². The number of carbonyl (C=O) groups is 1. The quantitative estimate of drug-likeness (QED) is 0.764. The largest absolute Gasteiger partial charge is 0.299 e. The summed E-state index contributed by atoms with van der Waals surface area (Å²) in [5.74, 6) is -0.433. The molecule has 2 heterocycles. The van der Waals surface area contributed by atoms with Crippen LogP contribution in [0.25, 0.3) is 0 Å². The number of aryl methyl sites for hydroxylation is 1. The standard InChI is InChI=1S/C20H21ClN4O/c1-4-25-12-17(23-16-11-22-18(21)10-13(16)2)19(14(3)26)20(24-25)15-8-6-5-7-9-15/h5-11,19H,4,12H2,1-3H3. The Morgan fingerprint density at radius 2 is 2.08 bits per heavy atom. The molecule has 1 aliphatic rings. The molecule has 2 aromatic rings. The van der Waals surface area contributed by atoms with Crippen LogP contribution in [0.4, 0.5) is 5.69 Å². The number of hydrogen-bond donors (Lipinski definition) is 0. The van der Waals surface area contributed by atoms with Gasteiger partial charge >= 0.3 is 0 Å². The zero-order chi connectivity index (χ0) is 18.7. The molecule has 134 valence electrons. The van der Waals surface area contributed by atoms with Gasteiger partial charge in [0.15, 0.2) is 0 Å². The average Bonchev–Trinajstić information content (AvgIpc) is 2.63. The predicted octanol–water partition coefficient (Wildman–Crippen LogP) is 4.06. The molecule has 0 saturated carbocycles. The molecule has 0 aliphatic carbocycles. The zero-order valence-corrected chi connectivity index (χ0v) is 15.9. The van der Waals surface area contributed by atoms with Crippen molar-refractivity contribution in [3.8, 4) is 0 Å². The predicted molar refractivity (Wildman–Crippen MR) is 105 cm³/mol.